The van der Waals surface area contributed by atoms with Gasteiger partial charge in [-0.3, -0.25) is 9.59 Å². The van der Waals surface area contributed by atoms with Crippen molar-refractivity contribution < 1.29 is 14.3 Å². The standard InChI is InChI=1S/C20H18N4O3/c1-13-7-8-14(19(25)23-16-5-3-4-6-18(16)27-2)11-17(13)24-20(26)15-9-10-21-22-12-15/h3-12H,1-2H3,(H,23,25)(H,24,26). The summed E-state index contributed by atoms with van der Waals surface area (Å²) in [5.74, 6) is -0.0625. The second-order valence-electron chi connectivity index (χ2n) is 5.77. The number of aromatic nitrogens is 2. The molecule has 0 radical (unpaired) electrons. The highest BCUT2D eigenvalue weighted by molar-refractivity contribution is 6.08. The number of aryl methyl sites for hydroxylation is 1. The van der Waals surface area contributed by atoms with Gasteiger partial charge >= 0.3 is 0 Å². The first kappa shape index (κ1) is 18.1. The van der Waals surface area contributed by atoms with Crippen molar-refractivity contribution in [2.45, 2.75) is 6.92 Å². The molecule has 0 atom stereocenters. The number of amides is 2. The van der Waals surface area contributed by atoms with Crippen LogP contribution in [0.3, 0.4) is 0 Å². The van der Waals surface area contributed by atoms with Crippen LogP contribution < -0.4 is 15.4 Å². The van der Waals surface area contributed by atoms with E-state index in [-0.39, 0.29) is 11.8 Å². The van der Waals surface area contributed by atoms with Gasteiger partial charge in [-0.25, -0.2) is 0 Å². The molecule has 1 heterocycles. The minimum absolute atomic E-state index is 0.305. The first-order valence-electron chi connectivity index (χ1n) is 8.21. The molecule has 1 aromatic heterocycles. The zero-order chi connectivity index (χ0) is 19.2. The van der Waals surface area contributed by atoms with Crippen LogP contribution in [-0.4, -0.2) is 29.1 Å². The summed E-state index contributed by atoms with van der Waals surface area (Å²) >= 11 is 0. The summed E-state index contributed by atoms with van der Waals surface area (Å²) in [6.07, 6.45) is 2.82. The first-order chi connectivity index (χ1) is 13.1. The average molecular weight is 362 g/mol. The third-order valence-corrected chi connectivity index (χ3v) is 3.95. The highest BCUT2D eigenvalue weighted by Gasteiger charge is 2.13. The number of hydrogen-bond acceptors (Lipinski definition) is 5. The van der Waals surface area contributed by atoms with Crippen LogP contribution in [0.25, 0.3) is 0 Å². The Labute approximate surface area is 156 Å². The Morgan fingerprint density at radius 1 is 0.889 bits per heavy atom. The van der Waals surface area contributed by atoms with Crippen LogP contribution in [0.2, 0.25) is 0 Å². The molecule has 2 aromatic carbocycles. The molecule has 0 spiro atoms. The van der Waals surface area contributed by atoms with Crippen LogP contribution in [0, 0.1) is 6.92 Å². The monoisotopic (exact) mass is 362 g/mol. The van der Waals surface area contributed by atoms with E-state index in [1.807, 2.05) is 19.1 Å². The maximum Gasteiger partial charge on any atom is 0.257 e. The Morgan fingerprint density at radius 2 is 1.63 bits per heavy atom. The molecule has 3 aromatic rings. The average Bonchev–Trinajstić information content (AvgIpc) is 2.70. The van der Waals surface area contributed by atoms with Crippen LogP contribution in [0.15, 0.2) is 60.9 Å². The van der Waals surface area contributed by atoms with Crippen molar-refractivity contribution in [3.05, 3.63) is 77.6 Å². The van der Waals surface area contributed by atoms with E-state index in [9.17, 15) is 9.59 Å². The number of hydrogen-bond donors (Lipinski definition) is 2. The van der Waals surface area contributed by atoms with Crippen molar-refractivity contribution in [3.8, 4) is 5.75 Å². The number of anilines is 2. The molecule has 0 unspecified atom stereocenters. The predicted molar refractivity (Wildman–Crippen MR) is 102 cm³/mol. The summed E-state index contributed by atoms with van der Waals surface area (Å²) in [4.78, 5) is 24.9. The molecular weight excluding hydrogens is 344 g/mol. The van der Waals surface area contributed by atoms with Gasteiger partial charge in [0.25, 0.3) is 11.8 Å². The number of ether oxygens (including phenoxy) is 1. The fourth-order valence-electron chi connectivity index (χ4n) is 2.46. The predicted octanol–water partition coefficient (Wildman–Crippen LogP) is 3.30. The molecule has 27 heavy (non-hydrogen) atoms. The number of carbonyl (C=O) groups excluding carboxylic acids is 2. The van der Waals surface area contributed by atoms with Gasteiger partial charge in [-0.1, -0.05) is 18.2 Å². The van der Waals surface area contributed by atoms with E-state index in [1.165, 1.54) is 12.4 Å². The number of rotatable bonds is 5. The molecule has 0 fully saturated rings. The van der Waals surface area contributed by atoms with Crippen LogP contribution >= 0.6 is 0 Å². The Morgan fingerprint density at radius 3 is 2.37 bits per heavy atom. The fraction of sp³-hybridized carbons (Fsp3) is 0.100. The lowest BCUT2D eigenvalue weighted by molar-refractivity contribution is 0.101. The molecule has 7 heteroatoms. The fourth-order valence-corrected chi connectivity index (χ4v) is 2.46. The zero-order valence-corrected chi connectivity index (χ0v) is 14.9. The number of nitrogens with zero attached hydrogens (tertiary/aromatic N) is 2. The lowest BCUT2D eigenvalue weighted by Crippen LogP contribution is -2.16. The largest absolute Gasteiger partial charge is 0.495 e. The summed E-state index contributed by atoms with van der Waals surface area (Å²) in [6.45, 7) is 1.85. The number of para-hydroxylation sites is 2. The number of nitrogens with one attached hydrogen (secondary N) is 2. The smallest absolute Gasteiger partial charge is 0.257 e. The summed E-state index contributed by atoms with van der Waals surface area (Å²) in [7, 11) is 1.54. The second-order valence-corrected chi connectivity index (χ2v) is 5.77. The highest BCUT2D eigenvalue weighted by atomic mass is 16.5. The third-order valence-electron chi connectivity index (χ3n) is 3.95. The van der Waals surface area contributed by atoms with Gasteiger partial charge in [-0.05, 0) is 42.8 Å². The molecule has 0 saturated heterocycles. The highest BCUT2D eigenvalue weighted by Crippen LogP contribution is 2.24. The molecule has 0 aliphatic carbocycles. The molecule has 136 valence electrons. The molecule has 7 nitrogen and oxygen atoms in total. The van der Waals surface area contributed by atoms with Gasteiger partial charge in [0.05, 0.1) is 30.8 Å². The Hall–Kier alpha value is -3.74. The van der Waals surface area contributed by atoms with Crippen molar-refractivity contribution >= 4 is 23.2 Å². The van der Waals surface area contributed by atoms with Gasteiger partial charge in [0, 0.05) is 11.3 Å². The van der Waals surface area contributed by atoms with Crippen molar-refractivity contribution in [3.63, 3.8) is 0 Å². The topological polar surface area (TPSA) is 93.2 Å². The Kier molecular flexibility index (Phi) is 5.41. The summed E-state index contributed by atoms with van der Waals surface area (Å²) in [5.41, 5.74) is 2.74. The van der Waals surface area contributed by atoms with E-state index >= 15 is 0 Å². The zero-order valence-electron chi connectivity index (χ0n) is 14.9. The minimum Gasteiger partial charge on any atom is -0.495 e. The van der Waals surface area contributed by atoms with E-state index in [0.29, 0.717) is 28.3 Å². The quantitative estimate of drug-likeness (QED) is 0.726. The lowest BCUT2D eigenvalue weighted by Gasteiger charge is -2.12. The van der Waals surface area contributed by atoms with Gasteiger partial charge in [0.2, 0.25) is 0 Å². The van der Waals surface area contributed by atoms with Crippen LogP contribution in [0.4, 0.5) is 11.4 Å². The number of methoxy groups -OCH3 is 1. The second kappa shape index (κ2) is 8.09. The van der Waals surface area contributed by atoms with Crippen molar-refractivity contribution in [1.29, 1.82) is 0 Å². The van der Waals surface area contributed by atoms with Crippen molar-refractivity contribution in [2.24, 2.45) is 0 Å². The third kappa shape index (κ3) is 4.27. The van der Waals surface area contributed by atoms with E-state index in [4.69, 9.17) is 4.74 Å². The van der Waals surface area contributed by atoms with Gasteiger partial charge in [0.15, 0.2) is 0 Å². The molecule has 0 bridgehead atoms. The van der Waals surface area contributed by atoms with E-state index in [1.54, 1.807) is 43.5 Å². The summed E-state index contributed by atoms with van der Waals surface area (Å²) in [5, 5.41) is 13.0. The molecular formula is C20H18N4O3. The maximum atomic E-state index is 12.6. The van der Waals surface area contributed by atoms with Crippen LogP contribution in [0.1, 0.15) is 26.3 Å². The summed E-state index contributed by atoms with van der Waals surface area (Å²) in [6, 6.07) is 13.8. The van der Waals surface area contributed by atoms with E-state index in [2.05, 4.69) is 20.8 Å². The SMILES string of the molecule is COc1ccccc1NC(=O)c1ccc(C)c(NC(=O)c2ccnnc2)c1. The number of benzene rings is 2. The molecule has 0 saturated carbocycles. The normalized spacial score (nSPS) is 10.1. The minimum atomic E-state index is -0.324. The van der Waals surface area contributed by atoms with Gasteiger partial charge < -0.3 is 15.4 Å². The van der Waals surface area contributed by atoms with Gasteiger partial charge in [-0.15, -0.1) is 0 Å². The summed E-state index contributed by atoms with van der Waals surface area (Å²) < 4.78 is 5.24. The molecule has 0 aliphatic heterocycles. The van der Waals surface area contributed by atoms with Gasteiger partial charge in [-0.2, -0.15) is 10.2 Å². The molecule has 2 amide bonds. The molecule has 3 rings (SSSR count). The van der Waals surface area contributed by atoms with Gasteiger partial charge in [0.1, 0.15) is 5.75 Å². The van der Waals surface area contributed by atoms with Crippen LogP contribution in [0.5, 0.6) is 5.75 Å². The van der Waals surface area contributed by atoms with Crippen molar-refractivity contribution in [1.82, 2.24) is 10.2 Å². The Balaban J connectivity index is 1.80. The van der Waals surface area contributed by atoms with E-state index in [0.717, 1.165) is 5.56 Å². The van der Waals surface area contributed by atoms with Crippen molar-refractivity contribution in [2.75, 3.05) is 17.7 Å². The maximum absolute atomic E-state index is 12.6. The molecule has 2 N–H and O–H groups in total. The number of carbonyl (C=O) groups is 2. The first-order valence-corrected chi connectivity index (χ1v) is 8.21. The van der Waals surface area contributed by atoms with Crippen LogP contribution in [-0.2, 0) is 0 Å². The van der Waals surface area contributed by atoms with E-state index < -0.39 is 0 Å². The lowest BCUT2D eigenvalue weighted by atomic mass is 10.1. The Bertz CT molecular complexity index is 974. The molecule has 0 aliphatic rings.